The first-order chi connectivity index (χ1) is 18.6. The van der Waals surface area contributed by atoms with Crippen LogP contribution < -0.4 is 20.0 Å². The fourth-order valence-corrected chi connectivity index (χ4v) is 4.63. The highest BCUT2D eigenvalue weighted by Gasteiger charge is 2.20. The summed E-state index contributed by atoms with van der Waals surface area (Å²) >= 11 is 0. The minimum absolute atomic E-state index is 0.820. The standard InChI is InChI=1S/C30H32N2O2.BF4/c1-4-22-5-14-29-27(19-22)28(20-30(34-29)23-6-12-26(33-3)13-7-23)31-24-8-10-25(11-9-24)32-17-15-21(2)16-18-32;2-1(3,4)5/h5-14,19-21H,4,15-18H2,1-3H3;/q;-1/p+1. The number of anilines is 1. The van der Waals surface area contributed by atoms with Crippen LogP contribution in [0.3, 0.4) is 0 Å². The summed E-state index contributed by atoms with van der Waals surface area (Å²) in [5.74, 6) is 2.49. The summed E-state index contributed by atoms with van der Waals surface area (Å²) in [5, 5.41) is 2.13. The quantitative estimate of drug-likeness (QED) is 0.232. The summed E-state index contributed by atoms with van der Waals surface area (Å²) in [7, 11) is -4.32. The van der Waals surface area contributed by atoms with E-state index in [9.17, 15) is 17.3 Å². The van der Waals surface area contributed by atoms with Crippen LogP contribution in [0.25, 0.3) is 22.3 Å². The molecule has 1 N–H and O–H groups in total. The number of nitrogens with zero attached hydrogens (tertiary/aromatic N) is 1. The normalized spacial score (nSPS) is 14.7. The number of hydrogen-bond acceptors (Lipinski definition) is 3. The maximum Gasteiger partial charge on any atom is 0.673 e. The lowest BCUT2D eigenvalue weighted by atomic mass is 9.99. The summed E-state index contributed by atoms with van der Waals surface area (Å²) in [6.45, 7) is 6.82. The summed E-state index contributed by atoms with van der Waals surface area (Å²) in [6.07, 6.45) is 3.53. The summed E-state index contributed by atoms with van der Waals surface area (Å²) < 4.78 is 50.6. The Morgan fingerprint density at radius 3 is 2.15 bits per heavy atom. The lowest BCUT2D eigenvalue weighted by molar-refractivity contribution is -0.400. The summed E-state index contributed by atoms with van der Waals surface area (Å²) in [6, 6.07) is 25.3. The third kappa shape index (κ3) is 7.88. The molecule has 0 amide bonds. The molecule has 0 saturated carbocycles. The predicted molar refractivity (Wildman–Crippen MR) is 149 cm³/mol. The van der Waals surface area contributed by atoms with Gasteiger partial charge in [0.05, 0.1) is 18.6 Å². The van der Waals surface area contributed by atoms with E-state index in [1.807, 2.05) is 24.3 Å². The largest absolute Gasteiger partial charge is 0.673 e. The van der Waals surface area contributed by atoms with Gasteiger partial charge in [-0.1, -0.05) is 19.9 Å². The van der Waals surface area contributed by atoms with Gasteiger partial charge in [-0.2, -0.15) is 0 Å². The second kappa shape index (κ2) is 12.4. The van der Waals surface area contributed by atoms with Gasteiger partial charge in [0.2, 0.25) is 11.0 Å². The molecule has 206 valence electrons. The van der Waals surface area contributed by atoms with Crippen molar-refractivity contribution in [1.29, 1.82) is 0 Å². The van der Waals surface area contributed by atoms with Gasteiger partial charge in [0.25, 0.3) is 0 Å². The van der Waals surface area contributed by atoms with Gasteiger partial charge in [0, 0.05) is 36.5 Å². The number of nitrogens with one attached hydrogen (secondary N) is 1. The number of hydrogen-bond donors (Lipinski definition) is 1. The van der Waals surface area contributed by atoms with Crippen molar-refractivity contribution in [2.24, 2.45) is 5.92 Å². The van der Waals surface area contributed by atoms with E-state index in [0.29, 0.717) is 0 Å². The highest BCUT2D eigenvalue weighted by Crippen LogP contribution is 2.25. The Hall–Kier alpha value is -3.75. The Kier molecular flexibility index (Phi) is 8.99. The molecule has 1 aliphatic rings. The lowest BCUT2D eigenvalue weighted by Crippen LogP contribution is -2.70. The number of halogens is 4. The van der Waals surface area contributed by atoms with Gasteiger partial charge in [-0.15, -0.1) is 0 Å². The van der Waals surface area contributed by atoms with E-state index in [1.54, 1.807) is 7.11 Å². The maximum absolute atomic E-state index is 9.75. The number of fused-ring (bicyclic) bond motifs is 1. The first-order valence-electron chi connectivity index (χ1n) is 13.2. The van der Waals surface area contributed by atoms with E-state index in [2.05, 4.69) is 72.3 Å². The van der Waals surface area contributed by atoms with E-state index in [-0.39, 0.29) is 0 Å². The molecular formula is C30H33BF4N2O2. The third-order valence-corrected chi connectivity index (χ3v) is 6.91. The molecule has 0 bridgehead atoms. The molecule has 1 aliphatic heterocycles. The third-order valence-electron chi connectivity index (χ3n) is 6.91. The van der Waals surface area contributed by atoms with Crippen LogP contribution in [0, 0.1) is 5.92 Å². The zero-order chi connectivity index (χ0) is 28.0. The molecule has 0 unspecified atom stereocenters. The Labute approximate surface area is 226 Å². The first kappa shape index (κ1) is 28.3. The average molecular weight is 540 g/mol. The van der Waals surface area contributed by atoms with Crippen molar-refractivity contribution in [1.82, 2.24) is 0 Å². The second-order valence-electron chi connectivity index (χ2n) is 9.77. The van der Waals surface area contributed by atoms with Crippen LogP contribution in [0.15, 0.2) is 77.2 Å². The topological polar surface area (TPSA) is 39.6 Å². The predicted octanol–water partition coefficient (Wildman–Crippen LogP) is 6.52. The molecule has 3 aromatic carbocycles. The summed E-state index contributed by atoms with van der Waals surface area (Å²) in [4.78, 5) is 6.16. The molecule has 1 saturated heterocycles. The number of benzene rings is 3. The smallest absolute Gasteiger partial charge is 0.497 e. The fourth-order valence-electron chi connectivity index (χ4n) is 4.63. The number of methoxy groups -OCH3 is 1. The van der Waals surface area contributed by atoms with Crippen LogP contribution >= 0.6 is 0 Å². The lowest BCUT2D eigenvalue weighted by Gasteiger charge is -2.32. The molecule has 4 nitrogen and oxygen atoms in total. The molecule has 0 spiro atoms. The number of rotatable bonds is 5. The van der Waals surface area contributed by atoms with Gasteiger partial charge in [-0.3, -0.25) is 0 Å². The van der Waals surface area contributed by atoms with Gasteiger partial charge >= 0.3 is 7.25 Å². The highest BCUT2D eigenvalue weighted by atomic mass is 19.5. The molecule has 0 aliphatic carbocycles. The second-order valence-corrected chi connectivity index (χ2v) is 9.77. The van der Waals surface area contributed by atoms with Crippen molar-refractivity contribution in [3.8, 4) is 17.1 Å². The minimum Gasteiger partial charge on any atom is -0.497 e. The van der Waals surface area contributed by atoms with E-state index in [4.69, 9.17) is 9.15 Å². The molecule has 1 fully saturated rings. The van der Waals surface area contributed by atoms with Gasteiger partial charge in [-0.05, 0) is 79.3 Å². The van der Waals surface area contributed by atoms with Gasteiger partial charge in [-0.25, -0.2) is 4.99 Å². The zero-order valence-corrected chi connectivity index (χ0v) is 22.4. The molecule has 0 atom stereocenters. The number of ether oxygens (including phenoxy) is 1. The highest BCUT2D eigenvalue weighted by molar-refractivity contribution is 6.50. The Morgan fingerprint density at radius 2 is 1.56 bits per heavy atom. The van der Waals surface area contributed by atoms with Crippen LogP contribution in [0.5, 0.6) is 5.75 Å². The van der Waals surface area contributed by atoms with Crippen LogP contribution in [0.1, 0.15) is 32.3 Å². The molecule has 39 heavy (non-hydrogen) atoms. The summed E-state index contributed by atoms with van der Waals surface area (Å²) in [5.41, 5.74) is 5.55. The van der Waals surface area contributed by atoms with Crippen LogP contribution in [-0.2, 0) is 6.42 Å². The van der Waals surface area contributed by atoms with Crippen LogP contribution in [0.4, 0.5) is 28.6 Å². The molecular weight excluding hydrogens is 507 g/mol. The molecule has 0 radical (unpaired) electrons. The van der Waals surface area contributed by atoms with Crippen molar-refractivity contribution in [2.45, 2.75) is 33.1 Å². The van der Waals surface area contributed by atoms with Crippen molar-refractivity contribution in [2.75, 3.05) is 25.1 Å². The van der Waals surface area contributed by atoms with Gasteiger partial charge in [0.1, 0.15) is 17.1 Å². The fraction of sp³-hybridized carbons (Fsp3) is 0.300. The Balaban J connectivity index is 0.000000648. The molecule has 4 aromatic rings. The SMILES string of the molecule is CCc1ccc2oc(-c3ccc(OC)cc3)cc(=[NH+]c3ccc(N4CCC(C)CC4)cc3)c2c1.F[B-](F)(F)F. The van der Waals surface area contributed by atoms with Crippen molar-refractivity contribution < 1.29 is 31.4 Å². The molecule has 1 aromatic heterocycles. The Bertz CT molecular complexity index is 1440. The van der Waals surface area contributed by atoms with E-state index >= 15 is 0 Å². The zero-order valence-electron chi connectivity index (χ0n) is 22.4. The average Bonchev–Trinajstić information content (AvgIpc) is 2.93. The van der Waals surface area contributed by atoms with Crippen LogP contribution in [-0.4, -0.2) is 27.5 Å². The van der Waals surface area contributed by atoms with Crippen molar-refractivity contribution in [3.63, 3.8) is 0 Å². The van der Waals surface area contributed by atoms with E-state index < -0.39 is 7.25 Å². The van der Waals surface area contributed by atoms with Crippen molar-refractivity contribution >= 4 is 29.6 Å². The van der Waals surface area contributed by atoms with E-state index in [1.165, 1.54) is 24.1 Å². The van der Waals surface area contributed by atoms with Gasteiger partial charge in [0.15, 0.2) is 0 Å². The minimum atomic E-state index is -6.00. The maximum atomic E-state index is 9.75. The Morgan fingerprint density at radius 1 is 0.923 bits per heavy atom. The van der Waals surface area contributed by atoms with Crippen LogP contribution in [0.2, 0.25) is 0 Å². The molecule has 2 heterocycles. The van der Waals surface area contributed by atoms with Gasteiger partial charge < -0.3 is 31.3 Å². The molecule has 9 heteroatoms. The number of piperidine rings is 1. The molecule has 5 rings (SSSR count). The monoisotopic (exact) mass is 540 g/mol. The van der Waals surface area contributed by atoms with E-state index in [0.717, 1.165) is 64.5 Å². The first-order valence-corrected chi connectivity index (χ1v) is 13.2. The number of aryl methyl sites for hydroxylation is 1. The van der Waals surface area contributed by atoms with Crippen molar-refractivity contribution in [3.05, 3.63) is 83.7 Å².